The summed E-state index contributed by atoms with van der Waals surface area (Å²) in [5.74, 6) is 0.588. The smallest absolute Gasteiger partial charge is 0.254 e. The van der Waals surface area contributed by atoms with Crippen molar-refractivity contribution in [3.63, 3.8) is 0 Å². The Bertz CT molecular complexity index is 816. The molecule has 6 heteroatoms. The van der Waals surface area contributed by atoms with Gasteiger partial charge in [-0.15, -0.1) is 0 Å². The molecule has 0 aliphatic heterocycles. The highest BCUT2D eigenvalue weighted by Crippen LogP contribution is 2.32. The van der Waals surface area contributed by atoms with Gasteiger partial charge in [0.05, 0.1) is 11.6 Å². The molecule has 2 aromatic rings. The molecule has 1 saturated carbocycles. The molecule has 0 radical (unpaired) electrons. The zero-order chi connectivity index (χ0) is 18.7. The number of nitrogens with one attached hydrogen (secondary N) is 1. The van der Waals surface area contributed by atoms with E-state index in [1.165, 1.54) is 0 Å². The SMILES string of the molecule is CNC(=O)c1ccc(CN(C(=O)c2ccc(OC)c(Br)c2)C2CC2)cc1. The summed E-state index contributed by atoms with van der Waals surface area (Å²) in [5.41, 5.74) is 2.25. The minimum Gasteiger partial charge on any atom is -0.496 e. The number of hydrogen-bond donors (Lipinski definition) is 1. The number of ether oxygens (including phenoxy) is 1. The third-order valence-electron chi connectivity index (χ3n) is 4.44. The van der Waals surface area contributed by atoms with Crippen LogP contribution < -0.4 is 10.1 Å². The van der Waals surface area contributed by atoms with E-state index in [-0.39, 0.29) is 17.9 Å². The lowest BCUT2D eigenvalue weighted by atomic mass is 10.1. The molecule has 1 N–H and O–H groups in total. The molecule has 0 atom stereocenters. The quantitative estimate of drug-likeness (QED) is 0.781. The van der Waals surface area contributed by atoms with Gasteiger partial charge in [-0.05, 0) is 64.7 Å². The van der Waals surface area contributed by atoms with E-state index in [1.54, 1.807) is 44.5 Å². The molecule has 5 nitrogen and oxygen atoms in total. The molecule has 0 heterocycles. The monoisotopic (exact) mass is 416 g/mol. The number of carbonyl (C=O) groups is 2. The Morgan fingerprint density at radius 2 is 1.81 bits per heavy atom. The second-order valence-electron chi connectivity index (χ2n) is 6.29. The summed E-state index contributed by atoms with van der Waals surface area (Å²) < 4.78 is 5.99. The fourth-order valence-corrected chi connectivity index (χ4v) is 3.36. The fourth-order valence-electron chi connectivity index (χ4n) is 2.82. The van der Waals surface area contributed by atoms with Crippen molar-refractivity contribution in [1.29, 1.82) is 0 Å². The first kappa shape index (κ1) is 18.5. The molecule has 2 amide bonds. The van der Waals surface area contributed by atoms with E-state index in [2.05, 4.69) is 21.2 Å². The zero-order valence-corrected chi connectivity index (χ0v) is 16.4. The van der Waals surface area contributed by atoms with Crippen LogP contribution in [0.15, 0.2) is 46.9 Å². The minimum atomic E-state index is -0.116. The normalized spacial score (nSPS) is 13.2. The standard InChI is InChI=1S/C20H21BrN2O3/c1-22-19(24)14-5-3-13(4-6-14)12-23(16-8-9-16)20(25)15-7-10-18(26-2)17(21)11-15/h3-7,10-11,16H,8-9,12H2,1-2H3,(H,22,24). The Kier molecular flexibility index (Phi) is 5.61. The molecule has 0 unspecified atom stereocenters. The van der Waals surface area contributed by atoms with Crippen molar-refractivity contribution in [1.82, 2.24) is 10.2 Å². The number of carbonyl (C=O) groups excluding carboxylic acids is 2. The van der Waals surface area contributed by atoms with E-state index in [0.29, 0.717) is 23.4 Å². The van der Waals surface area contributed by atoms with E-state index in [0.717, 1.165) is 22.9 Å². The van der Waals surface area contributed by atoms with E-state index in [1.807, 2.05) is 17.0 Å². The first-order chi connectivity index (χ1) is 12.5. The second kappa shape index (κ2) is 7.91. The number of halogens is 1. The summed E-state index contributed by atoms with van der Waals surface area (Å²) in [5, 5.41) is 2.61. The largest absolute Gasteiger partial charge is 0.496 e. The van der Waals surface area contributed by atoms with Crippen molar-refractivity contribution >= 4 is 27.7 Å². The third-order valence-corrected chi connectivity index (χ3v) is 5.06. The fraction of sp³-hybridized carbons (Fsp3) is 0.300. The Morgan fingerprint density at radius 1 is 1.15 bits per heavy atom. The van der Waals surface area contributed by atoms with Gasteiger partial charge in [-0.2, -0.15) is 0 Å². The highest BCUT2D eigenvalue weighted by atomic mass is 79.9. The van der Waals surface area contributed by atoms with Crippen molar-refractivity contribution in [3.8, 4) is 5.75 Å². The van der Waals surface area contributed by atoms with Crippen LogP contribution in [-0.2, 0) is 6.54 Å². The first-order valence-electron chi connectivity index (χ1n) is 8.49. The van der Waals surface area contributed by atoms with Gasteiger partial charge < -0.3 is 15.0 Å². The number of hydrogen-bond acceptors (Lipinski definition) is 3. The lowest BCUT2D eigenvalue weighted by Gasteiger charge is -2.23. The number of nitrogens with zero attached hydrogens (tertiary/aromatic N) is 1. The summed E-state index contributed by atoms with van der Waals surface area (Å²) in [6, 6.07) is 13.0. The van der Waals surface area contributed by atoms with Crippen LogP contribution >= 0.6 is 15.9 Å². The molecule has 2 aromatic carbocycles. The average molecular weight is 417 g/mol. The lowest BCUT2D eigenvalue weighted by Crippen LogP contribution is -2.32. The van der Waals surface area contributed by atoms with Gasteiger partial charge in [0.25, 0.3) is 11.8 Å². The summed E-state index contributed by atoms with van der Waals surface area (Å²) in [6.07, 6.45) is 2.05. The van der Waals surface area contributed by atoms with Gasteiger partial charge in [0.2, 0.25) is 0 Å². The van der Waals surface area contributed by atoms with Crippen molar-refractivity contribution in [2.75, 3.05) is 14.2 Å². The molecular weight excluding hydrogens is 396 g/mol. The van der Waals surface area contributed by atoms with Gasteiger partial charge in [-0.1, -0.05) is 12.1 Å². The molecule has 3 rings (SSSR count). The molecule has 136 valence electrons. The summed E-state index contributed by atoms with van der Waals surface area (Å²) >= 11 is 3.44. The zero-order valence-electron chi connectivity index (χ0n) is 14.8. The topological polar surface area (TPSA) is 58.6 Å². The summed E-state index contributed by atoms with van der Waals surface area (Å²) in [4.78, 5) is 26.6. The maximum absolute atomic E-state index is 13.0. The van der Waals surface area contributed by atoms with Crippen LogP contribution in [0.4, 0.5) is 0 Å². The summed E-state index contributed by atoms with van der Waals surface area (Å²) in [7, 11) is 3.21. The van der Waals surface area contributed by atoms with Crippen LogP contribution in [-0.4, -0.2) is 36.9 Å². The van der Waals surface area contributed by atoms with Crippen molar-refractivity contribution in [3.05, 3.63) is 63.6 Å². The lowest BCUT2D eigenvalue weighted by molar-refractivity contribution is 0.0729. The molecular formula is C20H21BrN2O3. The molecule has 0 saturated heterocycles. The van der Waals surface area contributed by atoms with Crippen LogP contribution in [0, 0.1) is 0 Å². The molecule has 0 bridgehead atoms. The Hall–Kier alpha value is -2.34. The molecule has 0 spiro atoms. The predicted molar refractivity (Wildman–Crippen MR) is 103 cm³/mol. The number of methoxy groups -OCH3 is 1. The average Bonchev–Trinajstić information content (AvgIpc) is 3.50. The van der Waals surface area contributed by atoms with E-state index < -0.39 is 0 Å². The predicted octanol–water partition coefficient (Wildman–Crippen LogP) is 3.62. The molecule has 1 fully saturated rings. The second-order valence-corrected chi connectivity index (χ2v) is 7.14. The third kappa shape index (κ3) is 4.07. The molecule has 26 heavy (non-hydrogen) atoms. The van der Waals surface area contributed by atoms with Gasteiger partial charge in [-0.3, -0.25) is 9.59 Å². The number of benzene rings is 2. The minimum absolute atomic E-state index is 0.00577. The highest BCUT2D eigenvalue weighted by Gasteiger charge is 2.33. The van der Waals surface area contributed by atoms with Gasteiger partial charge >= 0.3 is 0 Å². The van der Waals surface area contributed by atoms with E-state index >= 15 is 0 Å². The number of rotatable bonds is 6. The Labute approximate surface area is 161 Å². The van der Waals surface area contributed by atoms with Crippen LogP contribution in [0.5, 0.6) is 5.75 Å². The molecule has 1 aliphatic carbocycles. The summed E-state index contributed by atoms with van der Waals surface area (Å²) in [6.45, 7) is 0.529. The van der Waals surface area contributed by atoms with Crippen LogP contribution in [0.1, 0.15) is 39.1 Å². The van der Waals surface area contributed by atoms with Crippen molar-refractivity contribution in [2.45, 2.75) is 25.4 Å². The van der Waals surface area contributed by atoms with Gasteiger partial charge in [0.1, 0.15) is 5.75 Å². The van der Waals surface area contributed by atoms with Crippen molar-refractivity contribution < 1.29 is 14.3 Å². The van der Waals surface area contributed by atoms with Gasteiger partial charge in [-0.25, -0.2) is 0 Å². The van der Waals surface area contributed by atoms with Crippen LogP contribution in [0.2, 0.25) is 0 Å². The Balaban J connectivity index is 1.78. The highest BCUT2D eigenvalue weighted by molar-refractivity contribution is 9.10. The van der Waals surface area contributed by atoms with Gasteiger partial charge in [0.15, 0.2) is 0 Å². The van der Waals surface area contributed by atoms with Crippen LogP contribution in [0.3, 0.4) is 0 Å². The van der Waals surface area contributed by atoms with Crippen LogP contribution in [0.25, 0.3) is 0 Å². The maximum Gasteiger partial charge on any atom is 0.254 e. The Morgan fingerprint density at radius 3 is 2.35 bits per heavy atom. The van der Waals surface area contributed by atoms with E-state index in [4.69, 9.17) is 4.74 Å². The first-order valence-corrected chi connectivity index (χ1v) is 9.28. The molecule has 1 aliphatic rings. The van der Waals surface area contributed by atoms with Crippen molar-refractivity contribution in [2.24, 2.45) is 0 Å². The number of amides is 2. The van der Waals surface area contributed by atoms with Gasteiger partial charge in [0, 0.05) is 30.8 Å². The maximum atomic E-state index is 13.0. The van der Waals surface area contributed by atoms with E-state index in [9.17, 15) is 9.59 Å². The molecule has 0 aromatic heterocycles.